The molecule has 0 unspecified atom stereocenters. The van der Waals surface area contributed by atoms with Crippen LogP contribution in [0.3, 0.4) is 0 Å². The Kier molecular flexibility index (Phi) is 4.79. The van der Waals surface area contributed by atoms with E-state index in [2.05, 4.69) is 10.3 Å². The van der Waals surface area contributed by atoms with E-state index in [1.54, 1.807) is 24.3 Å². The van der Waals surface area contributed by atoms with Crippen molar-refractivity contribution in [3.63, 3.8) is 0 Å². The molecule has 3 aromatic rings. The number of aromatic amines is 1. The van der Waals surface area contributed by atoms with Gasteiger partial charge < -0.3 is 14.9 Å². The fourth-order valence-electron chi connectivity index (χ4n) is 2.80. The third-order valence-electron chi connectivity index (χ3n) is 4.15. The van der Waals surface area contributed by atoms with Crippen LogP contribution in [-0.4, -0.2) is 22.0 Å². The zero-order chi connectivity index (χ0) is 17.8. The molecule has 25 heavy (non-hydrogen) atoms. The molecule has 3 rings (SSSR count). The summed E-state index contributed by atoms with van der Waals surface area (Å²) < 4.78 is 1.39. The normalized spacial score (nSPS) is 10.8. The molecule has 0 fully saturated rings. The van der Waals surface area contributed by atoms with Gasteiger partial charge in [-0.05, 0) is 30.2 Å². The van der Waals surface area contributed by atoms with E-state index in [1.807, 2.05) is 31.2 Å². The summed E-state index contributed by atoms with van der Waals surface area (Å²) in [6.07, 6.45) is 0.289. The Bertz CT molecular complexity index is 1030. The van der Waals surface area contributed by atoms with Gasteiger partial charge in [-0.15, -0.1) is 0 Å². The number of amides is 1. The minimum absolute atomic E-state index is 0.114. The number of benzene rings is 2. The van der Waals surface area contributed by atoms with Gasteiger partial charge in [-0.2, -0.15) is 0 Å². The molecule has 1 aromatic heterocycles. The molecule has 2 N–H and O–H groups in total. The number of fused-ring (bicyclic) bond motifs is 1. The third-order valence-corrected chi connectivity index (χ3v) is 4.15. The topological polar surface area (TPSA) is 84.0 Å². The number of para-hydroxylation sites is 2. The van der Waals surface area contributed by atoms with Crippen molar-refractivity contribution in [2.24, 2.45) is 0 Å². The third kappa shape index (κ3) is 3.68. The summed E-state index contributed by atoms with van der Waals surface area (Å²) in [5.41, 5.74) is 1.99. The van der Waals surface area contributed by atoms with Gasteiger partial charge in [0, 0.05) is 13.1 Å². The Morgan fingerprint density at radius 1 is 1.08 bits per heavy atom. The highest BCUT2D eigenvalue weighted by atomic mass is 16.2. The van der Waals surface area contributed by atoms with Crippen LogP contribution in [-0.2, 0) is 17.8 Å². The highest BCUT2D eigenvalue weighted by Crippen LogP contribution is 2.08. The van der Waals surface area contributed by atoms with Crippen molar-refractivity contribution in [1.29, 1.82) is 0 Å². The number of nitrogens with one attached hydrogen (secondary N) is 2. The smallest absolute Gasteiger partial charge is 0.316 e. The van der Waals surface area contributed by atoms with E-state index < -0.39 is 11.1 Å². The Morgan fingerprint density at radius 2 is 1.80 bits per heavy atom. The second kappa shape index (κ2) is 7.17. The molecule has 0 spiro atoms. The number of H-pyrrole nitrogens is 1. The molecule has 2 aromatic carbocycles. The summed E-state index contributed by atoms with van der Waals surface area (Å²) in [7, 11) is 0. The van der Waals surface area contributed by atoms with Crippen molar-refractivity contribution in [1.82, 2.24) is 14.9 Å². The van der Waals surface area contributed by atoms with Crippen molar-refractivity contribution in [3.05, 3.63) is 80.4 Å². The second-order valence-corrected chi connectivity index (χ2v) is 5.88. The molecular formula is C19H19N3O3. The molecule has 1 heterocycles. The van der Waals surface area contributed by atoms with Crippen LogP contribution in [0, 0.1) is 6.92 Å². The average molecular weight is 337 g/mol. The molecular weight excluding hydrogens is 318 g/mol. The fraction of sp³-hybridized carbons (Fsp3) is 0.211. The predicted molar refractivity (Wildman–Crippen MR) is 96.7 cm³/mol. The van der Waals surface area contributed by atoms with Gasteiger partial charge in [0.1, 0.15) is 0 Å². The molecule has 0 aliphatic rings. The van der Waals surface area contributed by atoms with Gasteiger partial charge in [0.05, 0.1) is 17.5 Å². The van der Waals surface area contributed by atoms with Crippen molar-refractivity contribution in [2.75, 3.05) is 6.54 Å². The summed E-state index contributed by atoms with van der Waals surface area (Å²) >= 11 is 0. The first-order valence-electron chi connectivity index (χ1n) is 8.09. The van der Waals surface area contributed by atoms with Gasteiger partial charge >= 0.3 is 11.1 Å². The maximum absolute atomic E-state index is 12.1. The largest absolute Gasteiger partial charge is 0.354 e. The van der Waals surface area contributed by atoms with E-state index in [-0.39, 0.29) is 25.4 Å². The number of aromatic nitrogens is 2. The molecule has 6 heteroatoms. The lowest BCUT2D eigenvalue weighted by molar-refractivity contribution is -0.120. The maximum atomic E-state index is 12.1. The summed E-state index contributed by atoms with van der Waals surface area (Å²) in [5, 5.41) is 2.81. The summed E-state index contributed by atoms with van der Waals surface area (Å²) in [6, 6.07) is 14.8. The molecule has 0 saturated heterocycles. The number of nitrogens with zero attached hydrogens (tertiary/aromatic N) is 1. The van der Waals surface area contributed by atoms with Crippen molar-refractivity contribution >= 4 is 16.9 Å². The van der Waals surface area contributed by atoms with Crippen molar-refractivity contribution in [3.8, 4) is 0 Å². The lowest BCUT2D eigenvalue weighted by Gasteiger charge is -2.11. The Labute approximate surface area is 144 Å². The lowest BCUT2D eigenvalue weighted by atomic mass is 10.1. The SMILES string of the molecule is Cc1ccccc1CC(=O)NCCn1c(=O)c(=O)[nH]c2ccccc21. The van der Waals surface area contributed by atoms with E-state index in [4.69, 9.17) is 0 Å². The fourth-order valence-corrected chi connectivity index (χ4v) is 2.80. The minimum Gasteiger partial charge on any atom is -0.354 e. The molecule has 0 saturated carbocycles. The van der Waals surface area contributed by atoms with Crippen LogP contribution in [0.5, 0.6) is 0 Å². The highest BCUT2D eigenvalue weighted by Gasteiger charge is 2.08. The van der Waals surface area contributed by atoms with Crippen LogP contribution < -0.4 is 16.4 Å². The van der Waals surface area contributed by atoms with Crippen molar-refractivity contribution < 1.29 is 4.79 Å². The quantitative estimate of drug-likeness (QED) is 0.690. The predicted octanol–water partition coefficient (Wildman–Crippen LogP) is 1.36. The number of carbonyl (C=O) groups is 1. The molecule has 0 bridgehead atoms. The molecule has 0 atom stereocenters. The molecule has 6 nitrogen and oxygen atoms in total. The maximum Gasteiger partial charge on any atom is 0.316 e. The first kappa shape index (κ1) is 16.7. The van der Waals surface area contributed by atoms with Crippen LogP contribution in [0.15, 0.2) is 58.1 Å². The number of hydrogen-bond acceptors (Lipinski definition) is 3. The van der Waals surface area contributed by atoms with Crippen LogP contribution >= 0.6 is 0 Å². The molecule has 1 amide bonds. The van der Waals surface area contributed by atoms with Gasteiger partial charge in [-0.1, -0.05) is 36.4 Å². The number of hydrogen-bond donors (Lipinski definition) is 2. The van der Waals surface area contributed by atoms with E-state index in [9.17, 15) is 14.4 Å². The van der Waals surface area contributed by atoms with Gasteiger partial charge in [0.2, 0.25) is 5.91 Å². The van der Waals surface area contributed by atoms with Crippen LogP contribution in [0.4, 0.5) is 0 Å². The summed E-state index contributed by atoms with van der Waals surface area (Å²) in [6.45, 7) is 2.48. The highest BCUT2D eigenvalue weighted by molar-refractivity contribution is 5.79. The standard InChI is InChI=1S/C19H19N3O3/c1-13-6-2-3-7-14(13)12-17(23)20-10-11-22-16-9-5-4-8-15(16)21-18(24)19(22)25/h2-9H,10-12H2,1H3,(H,20,23)(H,21,24). The van der Waals surface area contributed by atoms with E-state index in [0.717, 1.165) is 11.1 Å². The van der Waals surface area contributed by atoms with Gasteiger partial charge in [-0.25, -0.2) is 0 Å². The van der Waals surface area contributed by atoms with E-state index >= 15 is 0 Å². The Balaban J connectivity index is 1.70. The van der Waals surface area contributed by atoms with Gasteiger partial charge in [0.25, 0.3) is 0 Å². The van der Waals surface area contributed by atoms with Crippen LogP contribution in [0.1, 0.15) is 11.1 Å². The molecule has 128 valence electrons. The zero-order valence-corrected chi connectivity index (χ0v) is 13.9. The van der Waals surface area contributed by atoms with Gasteiger partial charge in [-0.3, -0.25) is 14.4 Å². The minimum atomic E-state index is -0.662. The first-order chi connectivity index (χ1) is 12.1. The van der Waals surface area contributed by atoms with E-state index in [1.165, 1.54) is 4.57 Å². The average Bonchev–Trinajstić information content (AvgIpc) is 2.60. The van der Waals surface area contributed by atoms with Crippen LogP contribution in [0.25, 0.3) is 11.0 Å². The number of aryl methyl sites for hydroxylation is 1. The summed E-state index contributed by atoms with van der Waals surface area (Å²) in [5.74, 6) is -0.114. The molecule has 0 aliphatic carbocycles. The Morgan fingerprint density at radius 3 is 2.60 bits per heavy atom. The van der Waals surface area contributed by atoms with Crippen molar-refractivity contribution in [2.45, 2.75) is 19.9 Å². The van der Waals surface area contributed by atoms with E-state index in [0.29, 0.717) is 11.0 Å². The monoisotopic (exact) mass is 337 g/mol. The number of carbonyl (C=O) groups excluding carboxylic acids is 1. The van der Waals surface area contributed by atoms with Gasteiger partial charge in [0.15, 0.2) is 0 Å². The first-order valence-corrected chi connectivity index (χ1v) is 8.09. The molecule has 0 radical (unpaired) electrons. The second-order valence-electron chi connectivity index (χ2n) is 5.88. The Hall–Kier alpha value is -3.15. The lowest BCUT2D eigenvalue weighted by Crippen LogP contribution is -2.39. The number of rotatable bonds is 5. The summed E-state index contributed by atoms with van der Waals surface area (Å²) in [4.78, 5) is 38.5. The molecule has 0 aliphatic heterocycles. The zero-order valence-electron chi connectivity index (χ0n) is 13.9. The van der Waals surface area contributed by atoms with Crippen LogP contribution in [0.2, 0.25) is 0 Å².